The van der Waals surface area contributed by atoms with Gasteiger partial charge in [-0.15, -0.1) is 0 Å². The first-order chi connectivity index (χ1) is 9.15. The molecule has 1 aliphatic rings. The van der Waals surface area contributed by atoms with Gasteiger partial charge in [-0.2, -0.15) is 0 Å². The Morgan fingerprint density at radius 3 is 2.95 bits per heavy atom. The smallest absolute Gasteiger partial charge is 0.340 e. The third kappa shape index (κ3) is 2.05. The predicted molar refractivity (Wildman–Crippen MR) is 70.1 cm³/mol. The molecule has 0 aliphatic carbocycles. The topological polar surface area (TPSA) is 59.4 Å². The Morgan fingerprint density at radius 1 is 1.32 bits per heavy atom. The summed E-state index contributed by atoms with van der Waals surface area (Å²) in [6.07, 6.45) is 0.705. The molecule has 0 radical (unpaired) electrons. The fourth-order valence-electron chi connectivity index (χ4n) is 2.35. The van der Waals surface area contributed by atoms with Crippen LogP contribution in [0, 0.1) is 6.92 Å². The number of phenols is 1. The van der Waals surface area contributed by atoms with Gasteiger partial charge in [0.25, 0.3) is 0 Å². The largest absolute Gasteiger partial charge is 0.508 e. The summed E-state index contributed by atoms with van der Waals surface area (Å²) in [5.74, 6) is -0.0946. The number of phenolic OH excluding ortho intramolecular Hbond substituents is 1. The number of aryl methyl sites for hydroxylation is 1. The molecule has 2 heterocycles. The van der Waals surface area contributed by atoms with Crippen LogP contribution in [0.4, 0.5) is 0 Å². The molecular formula is C15H13NO3. The summed E-state index contributed by atoms with van der Waals surface area (Å²) in [4.78, 5) is 16.1. The number of carbonyl (C=O) groups excluding carboxylic acids is 1. The third-order valence-electron chi connectivity index (χ3n) is 3.23. The SMILES string of the molecule is Cc1nc(-c2cccc(O)c2)cc2c1C(=O)OCC2. The molecule has 0 spiro atoms. The van der Waals surface area contributed by atoms with Crippen LogP contribution >= 0.6 is 0 Å². The van der Waals surface area contributed by atoms with Gasteiger partial charge in [-0.25, -0.2) is 4.79 Å². The van der Waals surface area contributed by atoms with Crippen molar-refractivity contribution in [2.45, 2.75) is 13.3 Å². The van der Waals surface area contributed by atoms with Gasteiger partial charge in [0, 0.05) is 12.0 Å². The molecule has 0 saturated heterocycles. The van der Waals surface area contributed by atoms with Crippen LogP contribution in [0.1, 0.15) is 21.6 Å². The Morgan fingerprint density at radius 2 is 2.16 bits per heavy atom. The Hall–Kier alpha value is -2.36. The molecule has 4 nitrogen and oxygen atoms in total. The molecule has 1 N–H and O–H groups in total. The summed E-state index contributed by atoms with van der Waals surface area (Å²) in [6.45, 7) is 2.21. The van der Waals surface area contributed by atoms with E-state index < -0.39 is 0 Å². The minimum absolute atomic E-state index is 0.203. The van der Waals surface area contributed by atoms with Crippen LogP contribution in [0.5, 0.6) is 5.75 Å². The number of pyridine rings is 1. The highest BCUT2D eigenvalue weighted by Gasteiger charge is 2.22. The number of hydrogen-bond acceptors (Lipinski definition) is 4. The molecule has 0 saturated carbocycles. The van der Waals surface area contributed by atoms with Crippen molar-refractivity contribution in [2.75, 3.05) is 6.61 Å². The Balaban J connectivity index is 2.15. The molecule has 96 valence electrons. The minimum Gasteiger partial charge on any atom is -0.508 e. The summed E-state index contributed by atoms with van der Waals surface area (Å²) in [5.41, 5.74) is 3.81. The number of carbonyl (C=O) groups is 1. The van der Waals surface area contributed by atoms with Crippen LogP contribution in [0.25, 0.3) is 11.3 Å². The highest BCUT2D eigenvalue weighted by Crippen LogP contribution is 2.27. The zero-order valence-corrected chi connectivity index (χ0v) is 10.5. The Bertz CT molecular complexity index is 664. The molecule has 0 bridgehead atoms. The van der Waals surface area contributed by atoms with Crippen LogP contribution in [0.3, 0.4) is 0 Å². The van der Waals surface area contributed by atoms with Gasteiger partial charge < -0.3 is 9.84 Å². The fourth-order valence-corrected chi connectivity index (χ4v) is 2.35. The molecule has 3 rings (SSSR count). The maximum Gasteiger partial charge on any atom is 0.340 e. The van der Waals surface area contributed by atoms with E-state index in [-0.39, 0.29) is 11.7 Å². The molecule has 1 aliphatic heterocycles. The molecule has 0 atom stereocenters. The number of fused-ring (bicyclic) bond motifs is 1. The maximum absolute atomic E-state index is 11.7. The Kier molecular flexibility index (Phi) is 2.71. The molecule has 4 heteroatoms. The van der Waals surface area contributed by atoms with Crippen molar-refractivity contribution >= 4 is 5.97 Å². The number of aromatic hydroxyl groups is 1. The van der Waals surface area contributed by atoms with Crippen molar-refractivity contribution in [1.29, 1.82) is 0 Å². The zero-order chi connectivity index (χ0) is 13.4. The molecule has 2 aromatic rings. The quantitative estimate of drug-likeness (QED) is 0.795. The second-order valence-electron chi connectivity index (χ2n) is 4.56. The normalized spacial score (nSPS) is 13.8. The second kappa shape index (κ2) is 4.39. The Labute approximate surface area is 110 Å². The van der Waals surface area contributed by atoms with Crippen molar-refractivity contribution < 1.29 is 14.6 Å². The van der Waals surface area contributed by atoms with Gasteiger partial charge in [-0.1, -0.05) is 12.1 Å². The van der Waals surface area contributed by atoms with Crippen molar-refractivity contribution in [2.24, 2.45) is 0 Å². The number of esters is 1. The van der Waals surface area contributed by atoms with Gasteiger partial charge in [0.15, 0.2) is 0 Å². The van der Waals surface area contributed by atoms with Crippen LogP contribution in [-0.4, -0.2) is 22.7 Å². The van der Waals surface area contributed by atoms with Crippen molar-refractivity contribution in [3.05, 3.63) is 47.2 Å². The molecule has 0 amide bonds. The average molecular weight is 255 g/mol. The van der Waals surface area contributed by atoms with Crippen LogP contribution < -0.4 is 0 Å². The maximum atomic E-state index is 11.7. The van der Waals surface area contributed by atoms with Gasteiger partial charge in [0.1, 0.15) is 5.75 Å². The van der Waals surface area contributed by atoms with E-state index in [2.05, 4.69) is 4.98 Å². The average Bonchev–Trinajstić information content (AvgIpc) is 2.38. The lowest BCUT2D eigenvalue weighted by atomic mass is 9.99. The zero-order valence-electron chi connectivity index (χ0n) is 10.5. The van der Waals surface area contributed by atoms with E-state index >= 15 is 0 Å². The summed E-state index contributed by atoms with van der Waals surface area (Å²) in [7, 11) is 0. The predicted octanol–water partition coefficient (Wildman–Crippen LogP) is 2.48. The first-order valence-corrected chi connectivity index (χ1v) is 6.12. The third-order valence-corrected chi connectivity index (χ3v) is 3.23. The summed E-state index contributed by atoms with van der Waals surface area (Å²) < 4.78 is 5.03. The lowest BCUT2D eigenvalue weighted by molar-refractivity contribution is 0.0478. The summed E-state index contributed by atoms with van der Waals surface area (Å²) in [6, 6.07) is 8.84. The van der Waals surface area contributed by atoms with Crippen LogP contribution in [-0.2, 0) is 11.2 Å². The lowest BCUT2D eigenvalue weighted by Gasteiger charge is -2.18. The molecule has 1 aromatic carbocycles. The van der Waals surface area contributed by atoms with E-state index in [1.807, 2.05) is 12.1 Å². The molecular weight excluding hydrogens is 242 g/mol. The van der Waals surface area contributed by atoms with Crippen LogP contribution in [0.2, 0.25) is 0 Å². The molecule has 0 fully saturated rings. The number of aromatic nitrogens is 1. The number of ether oxygens (including phenoxy) is 1. The number of benzene rings is 1. The molecule has 0 unspecified atom stereocenters. The van der Waals surface area contributed by atoms with E-state index in [0.717, 1.165) is 16.8 Å². The minimum atomic E-state index is -0.297. The first-order valence-electron chi connectivity index (χ1n) is 6.12. The van der Waals surface area contributed by atoms with Gasteiger partial charge in [0.2, 0.25) is 0 Å². The van der Waals surface area contributed by atoms with E-state index in [0.29, 0.717) is 24.3 Å². The highest BCUT2D eigenvalue weighted by atomic mass is 16.5. The van der Waals surface area contributed by atoms with E-state index in [9.17, 15) is 9.90 Å². The van der Waals surface area contributed by atoms with Crippen molar-refractivity contribution in [3.63, 3.8) is 0 Å². The first kappa shape index (κ1) is 11.7. The van der Waals surface area contributed by atoms with Crippen molar-refractivity contribution in [1.82, 2.24) is 4.98 Å². The highest BCUT2D eigenvalue weighted by molar-refractivity contribution is 5.93. The standard InChI is InChI=1S/C15H13NO3/c1-9-14-11(5-6-19-15(14)18)8-13(16-9)10-3-2-4-12(17)7-10/h2-4,7-8,17H,5-6H2,1H3. The van der Waals surface area contributed by atoms with Crippen LogP contribution in [0.15, 0.2) is 30.3 Å². The van der Waals surface area contributed by atoms with Gasteiger partial charge >= 0.3 is 5.97 Å². The van der Waals surface area contributed by atoms with Crippen molar-refractivity contribution in [3.8, 4) is 17.0 Å². The monoisotopic (exact) mass is 255 g/mol. The van der Waals surface area contributed by atoms with Gasteiger partial charge in [0.05, 0.1) is 23.6 Å². The number of cyclic esters (lactones) is 1. The lowest BCUT2D eigenvalue weighted by Crippen LogP contribution is -2.20. The van der Waals surface area contributed by atoms with E-state index in [4.69, 9.17) is 4.74 Å². The molecule has 19 heavy (non-hydrogen) atoms. The second-order valence-corrected chi connectivity index (χ2v) is 4.56. The fraction of sp³-hybridized carbons (Fsp3) is 0.200. The van der Waals surface area contributed by atoms with E-state index in [1.165, 1.54) is 0 Å². The van der Waals surface area contributed by atoms with Gasteiger partial charge in [-0.3, -0.25) is 4.98 Å². The summed E-state index contributed by atoms with van der Waals surface area (Å²) >= 11 is 0. The number of rotatable bonds is 1. The van der Waals surface area contributed by atoms with Gasteiger partial charge in [-0.05, 0) is 30.7 Å². The number of nitrogens with zero attached hydrogens (tertiary/aromatic N) is 1. The van der Waals surface area contributed by atoms with E-state index in [1.54, 1.807) is 25.1 Å². The summed E-state index contributed by atoms with van der Waals surface area (Å²) in [5, 5.41) is 9.52. The number of hydrogen-bond donors (Lipinski definition) is 1. The molecule has 1 aromatic heterocycles.